The molecule has 3 aromatic rings. The number of H-pyrrole nitrogens is 1. The maximum absolute atomic E-state index is 15.7. The molecule has 2 N–H and O–H groups in total. The molecule has 8 nitrogen and oxygen atoms in total. The third kappa shape index (κ3) is 6.19. The number of carboxylic acid groups (broad SMARTS) is 1. The second-order valence-corrected chi connectivity index (χ2v) is 24.8. The van der Waals surface area contributed by atoms with Crippen molar-refractivity contribution in [2.75, 3.05) is 6.54 Å². The molecular formula is C58H77N3O5. The van der Waals surface area contributed by atoms with Crippen molar-refractivity contribution in [3.05, 3.63) is 90.4 Å². The van der Waals surface area contributed by atoms with Crippen LogP contribution in [0.1, 0.15) is 156 Å². The summed E-state index contributed by atoms with van der Waals surface area (Å²) in [6, 6.07) is 20.0. The van der Waals surface area contributed by atoms with Gasteiger partial charge in [0.1, 0.15) is 12.4 Å². The maximum Gasteiger partial charge on any atom is 0.310 e. The molecule has 7 fully saturated rings. The SMILES string of the molecule is C=C(C)C1CCC2(C(=O)N3CCC[C@H]3c3nc(-c4ccccc4)c[nH]3)CCC3(C)[C@H](CC[C@@H]4[C@]5(C)CC[C@H]([C@@]6(C(=O)O)C[C@@H](C(=O)OCc7ccccc7)C6(C)C)C(C)(C)[C@H]5CC[C@]43C)[C@@H]12. The predicted octanol–water partition coefficient (Wildman–Crippen LogP) is 12.9. The van der Waals surface area contributed by atoms with Gasteiger partial charge in [0.25, 0.3) is 0 Å². The van der Waals surface area contributed by atoms with E-state index in [1.807, 2.05) is 68.6 Å². The zero-order chi connectivity index (χ0) is 46.8. The van der Waals surface area contributed by atoms with Crippen LogP contribution in [0.5, 0.6) is 0 Å². The van der Waals surface area contributed by atoms with E-state index < -0.39 is 22.7 Å². The number of likely N-dealkylation sites (tertiary alicyclic amines) is 1. The Morgan fingerprint density at radius 3 is 2.18 bits per heavy atom. The molecule has 3 unspecified atom stereocenters. The van der Waals surface area contributed by atoms with Crippen molar-refractivity contribution in [1.29, 1.82) is 0 Å². The van der Waals surface area contributed by atoms with Crippen molar-refractivity contribution >= 4 is 17.8 Å². The second-order valence-electron chi connectivity index (χ2n) is 24.8. The van der Waals surface area contributed by atoms with Crippen LogP contribution in [0, 0.1) is 79.3 Å². The zero-order valence-corrected chi connectivity index (χ0v) is 41.3. The summed E-state index contributed by atoms with van der Waals surface area (Å²) in [6.07, 6.45) is 14.6. The van der Waals surface area contributed by atoms with Crippen molar-refractivity contribution in [3.63, 3.8) is 0 Å². The van der Waals surface area contributed by atoms with Gasteiger partial charge < -0.3 is 19.7 Å². The Labute approximate surface area is 394 Å². The molecule has 10 rings (SSSR count). The number of imidazole rings is 1. The fraction of sp³-hybridized carbons (Fsp3) is 0.655. The van der Waals surface area contributed by atoms with E-state index >= 15 is 4.79 Å². The molecule has 13 atom stereocenters. The molecule has 66 heavy (non-hydrogen) atoms. The zero-order valence-electron chi connectivity index (χ0n) is 41.3. The fourth-order valence-corrected chi connectivity index (χ4v) is 18.6. The average Bonchev–Trinajstić information content (AvgIpc) is 4.07. The van der Waals surface area contributed by atoms with Gasteiger partial charge in [-0.2, -0.15) is 0 Å². The van der Waals surface area contributed by atoms with Gasteiger partial charge in [-0.1, -0.05) is 121 Å². The first kappa shape index (κ1) is 45.6. The van der Waals surface area contributed by atoms with Crippen LogP contribution < -0.4 is 0 Å². The number of aromatic amines is 1. The van der Waals surface area contributed by atoms with Gasteiger partial charge in [0.2, 0.25) is 5.91 Å². The fourth-order valence-electron chi connectivity index (χ4n) is 18.6. The van der Waals surface area contributed by atoms with E-state index in [0.29, 0.717) is 36.0 Å². The van der Waals surface area contributed by atoms with E-state index in [-0.39, 0.29) is 57.5 Å². The molecule has 2 aromatic carbocycles. The second kappa shape index (κ2) is 15.7. The molecular weight excluding hydrogens is 819 g/mol. The monoisotopic (exact) mass is 896 g/mol. The molecule has 6 aliphatic carbocycles. The quantitative estimate of drug-likeness (QED) is 0.163. The number of amides is 1. The molecule has 1 amide bonds. The number of carboxylic acids is 1. The van der Waals surface area contributed by atoms with Crippen LogP contribution in [0.15, 0.2) is 79.0 Å². The summed E-state index contributed by atoms with van der Waals surface area (Å²) < 4.78 is 5.87. The van der Waals surface area contributed by atoms with Crippen LogP contribution in [-0.2, 0) is 25.7 Å². The number of fused-ring (bicyclic) bond motifs is 7. The van der Waals surface area contributed by atoms with Crippen molar-refractivity contribution in [2.24, 2.45) is 79.3 Å². The predicted molar refractivity (Wildman–Crippen MR) is 258 cm³/mol. The molecule has 0 bridgehead atoms. The van der Waals surface area contributed by atoms with E-state index in [4.69, 9.17) is 9.72 Å². The minimum absolute atomic E-state index is 0.0331. The van der Waals surface area contributed by atoms with E-state index in [1.165, 1.54) is 5.57 Å². The number of esters is 1. The number of benzene rings is 2. The first-order valence-corrected chi connectivity index (χ1v) is 25.8. The Balaban J connectivity index is 0.908. The Kier molecular flexibility index (Phi) is 10.8. The molecule has 354 valence electrons. The lowest BCUT2D eigenvalue weighted by atomic mass is 9.29. The first-order chi connectivity index (χ1) is 31.3. The highest BCUT2D eigenvalue weighted by Crippen LogP contribution is 2.80. The number of carbonyl (C=O) groups is 3. The standard InChI is InChI=1S/C58H77N3O5/c1-36(2)39-24-29-57(50(63)61-32-16-21-43(61)48-59-34-42(60-48)38-19-14-11-15-20-38)31-30-55(8)40(47(39)57)22-23-46-54(7)27-25-45(52(3,4)44(54)26-28-56(46,55)9)58(51(64)65)33-41(53(58,5)6)49(62)66-35-37-17-12-10-13-18-37/h10-15,17-20,34,39-41,43-47H,1,16,21-33,35H2,2-9H3,(H,59,60)(H,64,65)/t39?,40-,41+,43+,44-,45+,46-,47-,54-,55?,56-,57?,58-/m1/s1. The van der Waals surface area contributed by atoms with E-state index in [0.717, 1.165) is 106 Å². The molecule has 7 aliphatic rings. The van der Waals surface area contributed by atoms with Crippen LogP contribution >= 0.6 is 0 Å². The maximum atomic E-state index is 15.7. The van der Waals surface area contributed by atoms with Crippen molar-refractivity contribution in [3.8, 4) is 11.3 Å². The van der Waals surface area contributed by atoms with E-state index in [1.54, 1.807) is 0 Å². The summed E-state index contributed by atoms with van der Waals surface area (Å²) in [5.74, 6) is 1.68. The smallest absolute Gasteiger partial charge is 0.310 e. The van der Waals surface area contributed by atoms with Crippen LogP contribution in [0.4, 0.5) is 0 Å². The first-order valence-electron chi connectivity index (χ1n) is 25.8. The van der Waals surface area contributed by atoms with Gasteiger partial charge in [0.15, 0.2) is 0 Å². The van der Waals surface area contributed by atoms with Crippen molar-refractivity contribution in [2.45, 2.75) is 152 Å². The summed E-state index contributed by atoms with van der Waals surface area (Å²) in [4.78, 5) is 54.1. The van der Waals surface area contributed by atoms with Crippen LogP contribution in [0.3, 0.4) is 0 Å². The largest absolute Gasteiger partial charge is 0.481 e. The minimum atomic E-state index is -1.01. The molecule has 0 radical (unpaired) electrons. The van der Waals surface area contributed by atoms with Gasteiger partial charge in [-0.15, -0.1) is 0 Å². The Morgan fingerprint density at radius 1 is 0.803 bits per heavy atom. The molecule has 1 aromatic heterocycles. The van der Waals surface area contributed by atoms with Gasteiger partial charge in [-0.05, 0) is 159 Å². The summed E-state index contributed by atoms with van der Waals surface area (Å²) >= 11 is 0. The topological polar surface area (TPSA) is 113 Å². The Hall–Kier alpha value is -4.20. The average molecular weight is 896 g/mol. The number of aliphatic carboxylic acids is 1. The van der Waals surface area contributed by atoms with Crippen molar-refractivity contribution < 1.29 is 24.2 Å². The molecule has 8 heteroatoms. The number of rotatable bonds is 9. The molecule has 2 heterocycles. The number of carbonyl (C=O) groups excluding carboxylic acids is 2. The van der Waals surface area contributed by atoms with E-state index in [2.05, 4.69) is 70.1 Å². The lowest BCUT2D eigenvalue weighted by Gasteiger charge is -2.74. The molecule has 1 saturated heterocycles. The highest BCUT2D eigenvalue weighted by molar-refractivity contribution is 5.85. The third-order valence-corrected chi connectivity index (χ3v) is 22.1. The Morgan fingerprint density at radius 2 is 1.50 bits per heavy atom. The number of hydrogen-bond donors (Lipinski definition) is 2. The third-order valence-electron chi connectivity index (χ3n) is 22.1. The van der Waals surface area contributed by atoms with Gasteiger partial charge >= 0.3 is 11.9 Å². The minimum Gasteiger partial charge on any atom is -0.481 e. The summed E-state index contributed by atoms with van der Waals surface area (Å²) in [5, 5.41) is 11.4. The molecule has 6 saturated carbocycles. The highest BCUT2D eigenvalue weighted by Gasteiger charge is 2.77. The lowest BCUT2D eigenvalue weighted by molar-refractivity contribution is -0.269. The van der Waals surface area contributed by atoms with Gasteiger partial charge in [-0.25, -0.2) is 4.98 Å². The van der Waals surface area contributed by atoms with Crippen LogP contribution in [0.2, 0.25) is 0 Å². The van der Waals surface area contributed by atoms with Gasteiger partial charge in [0.05, 0.1) is 28.5 Å². The van der Waals surface area contributed by atoms with Crippen LogP contribution in [-0.4, -0.2) is 44.4 Å². The molecule has 0 spiro atoms. The van der Waals surface area contributed by atoms with Gasteiger partial charge in [0, 0.05) is 18.3 Å². The number of nitrogens with one attached hydrogen (secondary N) is 1. The van der Waals surface area contributed by atoms with Crippen LogP contribution in [0.25, 0.3) is 11.3 Å². The Bertz CT molecular complexity index is 2390. The lowest BCUT2D eigenvalue weighted by Crippen LogP contribution is -2.71. The number of ether oxygens (including phenoxy) is 1. The number of nitrogens with zero attached hydrogens (tertiary/aromatic N) is 2. The summed E-state index contributed by atoms with van der Waals surface area (Å²) in [7, 11) is 0. The summed E-state index contributed by atoms with van der Waals surface area (Å²) in [5.41, 5.74) is 2.03. The molecule has 1 aliphatic heterocycles. The normalized spacial score (nSPS) is 40.8. The number of aromatic nitrogens is 2. The number of allylic oxidation sites excluding steroid dienone is 1. The van der Waals surface area contributed by atoms with E-state index in [9.17, 15) is 14.7 Å². The highest BCUT2D eigenvalue weighted by atomic mass is 16.5. The number of hydrogen-bond acceptors (Lipinski definition) is 5. The summed E-state index contributed by atoms with van der Waals surface area (Å²) in [6.45, 7) is 24.6. The van der Waals surface area contributed by atoms with Gasteiger partial charge in [-0.3, -0.25) is 14.4 Å². The van der Waals surface area contributed by atoms with Crippen molar-refractivity contribution in [1.82, 2.24) is 14.9 Å².